The summed E-state index contributed by atoms with van der Waals surface area (Å²) in [7, 11) is 0. The van der Waals surface area contributed by atoms with E-state index in [0.29, 0.717) is 18.2 Å². The van der Waals surface area contributed by atoms with Crippen LogP contribution in [0.15, 0.2) is 24.3 Å². The monoisotopic (exact) mass is 278 g/mol. The summed E-state index contributed by atoms with van der Waals surface area (Å²) < 4.78 is 13.5. The van der Waals surface area contributed by atoms with Crippen LogP contribution in [-0.2, 0) is 11.2 Å². The smallest absolute Gasteiger partial charge is 0.151 e. The molecule has 1 aromatic rings. The summed E-state index contributed by atoms with van der Waals surface area (Å²) in [5.74, 6) is -0.196. The summed E-state index contributed by atoms with van der Waals surface area (Å²) >= 11 is 0. The number of ketones is 1. The number of piperazine rings is 1. The third kappa shape index (κ3) is 4.12. The zero-order valence-corrected chi connectivity index (χ0v) is 12.3. The quantitative estimate of drug-likeness (QED) is 0.822. The van der Waals surface area contributed by atoms with Crippen molar-refractivity contribution in [2.75, 3.05) is 32.7 Å². The van der Waals surface area contributed by atoms with E-state index in [0.717, 1.165) is 26.2 Å². The van der Waals surface area contributed by atoms with E-state index < -0.39 is 0 Å². The Labute approximate surface area is 120 Å². The number of halogens is 1. The number of hydrogen-bond donors (Lipinski definition) is 0. The highest BCUT2D eigenvalue weighted by Crippen LogP contribution is 2.09. The molecule has 0 N–H and O–H groups in total. The average molecular weight is 278 g/mol. The van der Waals surface area contributed by atoms with Gasteiger partial charge in [0, 0.05) is 38.6 Å². The Morgan fingerprint density at radius 3 is 2.45 bits per heavy atom. The van der Waals surface area contributed by atoms with Crippen LogP contribution in [0.4, 0.5) is 4.39 Å². The molecule has 0 aromatic heterocycles. The van der Waals surface area contributed by atoms with Crippen LogP contribution in [0.25, 0.3) is 0 Å². The minimum absolute atomic E-state index is 0.0908. The maximum absolute atomic E-state index is 13.5. The molecule has 0 spiro atoms. The maximum atomic E-state index is 13.5. The fourth-order valence-corrected chi connectivity index (χ4v) is 2.60. The summed E-state index contributed by atoms with van der Waals surface area (Å²) in [5.41, 5.74) is 0.498. The van der Waals surface area contributed by atoms with E-state index in [4.69, 9.17) is 0 Å². The van der Waals surface area contributed by atoms with Gasteiger partial charge in [-0.25, -0.2) is 4.39 Å². The molecule has 0 atom stereocenters. The number of nitrogens with zero attached hydrogens (tertiary/aromatic N) is 2. The molecule has 0 amide bonds. The topological polar surface area (TPSA) is 23.6 Å². The van der Waals surface area contributed by atoms with Crippen molar-refractivity contribution >= 4 is 5.78 Å². The Kier molecular flexibility index (Phi) is 5.26. The fraction of sp³-hybridized carbons (Fsp3) is 0.562. The lowest BCUT2D eigenvalue weighted by Crippen LogP contribution is -2.50. The van der Waals surface area contributed by atoms with Crippen molar-refractivity contribution in [2.24, 2.45) is 0 Å². The van der Waals surface area contributed by atoms with Gasteiger partial charge in [-0.2, -0.15) is 0 Å². The van der Waals surface area contributed by atoms with Gasteiger partial charge >= 0.3 is 0 Å². The molecule has 0 aliphatic carbocycles. The Morgan fingerprint density at radius 2 is 1.85 bits per heavy atom. The SMILES string of the molecule is CC(C)N1CCN(CC(=O)Cc2ccccc2F)CC1. The van der Waals surface area contributed by atoms with E-state index in [-0.39, 0.29) is 18.0 Å². The first-order valence-electron chi connectivity index (χ1n) is 7.28. The first kappa shape index (κ1) is 15.1. The van der Waals surface area contributed by atoms with E-state index in [1.807, 2.05) is 0 Å². The highest BCUT2D eigenvalue weighted by atomic mass is 19.1. The first-order chi connectivity index (χ1) is 9.56. The molecular weight excluding hydrogens is 255 g/mol. The zero-order chi connectivity index (χ0) is 14.5. The molecule has 1 heterocycles. The second-order valence-corrected chi connectivity index (χ2v) is 5.71. The number of carbonyl (C=O) groups excluding carboxylic acids is 1. The summed E-state index contributed by atoms with van der Waals surface area (Å²) in [4.78, 5) is 16.6. The van der Waals surface area contributed by atoms with Gasteiger partial charge in [-0.1, -0.05) is 18.2 Å². The van der Waals surface area contributed by atoms with Gasteiger partial charge in [0.1, 0.15) is 5.82 Å². The van der Waals surface area contributed by atoms with Crippen LogP contribution < -0.4 is 0 Å². The molecule has 1 aromatic carbocycles. The summed E-state index contributed by atoms with van der Waals surface area (Å²) in [5, 5.41) is 0. The molecule has 1 aliphatic rings. The van der Waals surface area contributed by atoms with Crippen molar-refractivity contribution < 1.29 is 9.18 Å². The van der Waals surface area contributed by atoms with E-state index >= 15 is 0 Å². The molecule has 110 valence electrons. The lowest BCUT2D eigenvalue weighted by molar-refractivity contribution is -0.120. The predicted molar refractivity (Wildman–Crippen MR) is 78.3 cm³/mol. The van der Waals surface area contributed by atoms with Crippen molar-refractivity contribution in [3.63, 3.8) is 0 Å². The van der Waals surface area contributed by atoms with Gasteiger partial charge in [0.05, 0.1) is 6.54 Å². The highest BCUT2D eigenvalue weighted by Gasteiger charge is 2.20. The summed E-state index contributed by atoms with van der Waals surface area (Å²) in [6, 6.07) is 7.07. The number of Topliss-reactive ketones (excluding diaryl/α,β-unsaturated/α-hetero) is 1. The van der Waals surface area contributed by atoms with Gasteiger partial charge in [0.2, 0.25) is 0 Å². The van der Waals surface area contributed by atoms with Gasteiger partial charge in [-0.05, 0) is 25.5 Å². The minimum Gasteiger partial charge on any atom is -0.298 e. The molecule has 1 saturated heterocycles. The molecule has 0 unspecified atom stereocenters. The van der Waals surface area contributed by atoms with Crippen molar-refractivity contribution in [2.45, 2.75) is 26.3 Å². The standard InChI is InChI=1S/C16H23FN2O/c1-13(2)19-9-7-18(8-10-19)12-15(20)11-14-5-3-4-6-16(14)17/h3-6,13H,7-12H2,1-2H3. The van der Waals surface area contributed by atoms with E-state index in [1.54, 1.807) is 18.2 Å². The van der Waals surface area contributed by atoms with Crippen molar-refractivity contribution in [1.29, 1.82) is 0 Å². The minimum atomic E-state index is -0.287. The van der Waals surface area contributed by atoms with Gasteiger partial charge in [0.25, 0.3) is 0 Å². The molecule has 20 heavy (non-hydrogen) atoms. The molecule has 0 radical (unpaired) electrons. The highest BCUT2D eigenvalue weighted by molar-refractivity contribution is 5.82. The molecule has 4 heteroatoms. The molecule has 1 fully saturated rings. The van der Waals surface area contributed by atoms with Crippen LogP contribution in [0.3, 0.4) is 0 Å². The second kappa shape index (κ2) is 6.95. The zero-order valence-electron chi connectivity index (χ0n) is 12.3. The third-order valence-corrected chi connectivity index (χ3v) is 3.88. The van der Waals surface area contributed by atoms with Gasteiger partial charge < -0.3 is 0 Å². The van der Waals surface area contributed by atoms with Crippen LogP contribution in [0.5, 0.6) is 0 Å². The van der Waals surface area contributed by atoms with Crippen molar-refractivity contribution in [3.05, 3.63) is 35.6 Å². The molecular formula is C16H23FN2O. The van der Waals surface area contributed by atoms with Crippen LogP contribution in [0.2, 0.25) is 0 Å². The van der Waals surface area contributed by atoms with E-state index in [9.17, 15) is 9.18 Å². The molecule has 2 rings (SSSR count). The average Bonchev–Trinajstić information content (AvgIpc) is 2.42. The van der Waals surface area contributed by atoms with Gasteiger partial charge in [-0.3, -0.25) is 14.6 Å². The van der Waals surface area contributed by atoms with E-state index in [1.165, 1.54) is 6.07 Å². The third-order valence-electron chi connectivity index (χ3n) is 3.88. The number of benzene rings is 1. The largest absolute Gasteiger partial charge is 0.298 e. The van der Waals surface area contributed by atoms with Gasteiger partial charge in [0.15, 0.2) is 5.78 Å². The van der Waals surface area contributed by atoms with Crippen LogP contribution in [0.1, 0.15) is 19.4 Å². The van der Waals surface area contributed by atoms with Crippen LogP contribution in [0, 0.1) is 5.82 Å². The van der Waals surface area contributed by atoms with E-state index in [2.05, 4.69) is 23.6 Å². The Balaban J connectivity index is 1.80. The molecule has 1 aliphatic heterocycles. The number of rotatable bonds is 5. The maximum Gasteiger partial charge on any atom is 0.151 e. The Morgan fingerprint density at radius 1 is 1.20 bits per heavy atom. The normalized spacial score (nSPS) is 17.6. The summed E-state index contributed by atoms with van der Waals surface area (Å²) in [6.07, 6.45) is 0.192. The lowest BCUT2D eigenvalue weighted by Gasteiger charge is -2.36. The Hall–Kier alpha value is -1.26. The Bertz CT molecular complexity index is 454. The summed E-state index contributed by atoms with van der Waals surface area (Å²) in [6.45, 7) is 8.66. The number of hydrogen-bond acceptors (Lipinski definition) is 3. The van der Waals surface area contributed by atoms with Crippen LogP contribution >= 0.6 is 0 Å². The fourth-order valence-electron chi connectivity index (χ4n) is 2.60. The predicted octanol–water partition coefficient (Wildman–Crippen LogP) is 1.96. The lowest BCUT2D eigenvalue weighted by atomic mass is 10.1. The van der Waals surface area contributed by atoms with Crippen LogP contribution in [-0.4, -0.2) is 54.3 Å². The van der Waals surface area contributed by atoms with Crippen molar-refractivity contribution in [1.82, 2.24) is 9.80 Å². The second-order valence-electron chi connectivity index (χ2n) is 5.71. The molecule has 0 saturated carbocycles. The van der Waals surface area contributed by atoms with Gasteiger partial charge in [-0.15, -0.1) is 0 Å². The van der Waals surface area contributed by atoms with Crippen molar-refractivity contribution in [3.8, 4) is 0 Å². The molecule has 3 nitrogen and oxygen atoms in total. The molecule has 0 bridgehead atoms. The number of carbonyl (C=O) groups is 1. The first-order valence-corrected chi connectivity index (χ1v) is 7.28.